The molecular weight excluding hydrogens is 1280 g/mol. The number of hydrogen-bond acceptors (Lipinski definition) is 19. The molecule has 0 fully saturated rings. The number of hydrogen-bond donors (Lipinski definition) is 3. The van der Waals surface area contributed by atoms with E-state index >= 15 is 0 Å². The number of benzene rings is 4. The molecule has 92 heavy (non-hydrogen) atoms. The molecule has 4 rings (SSSR count). The Kier molecular flexibility index (Phi) is 39.8. The lowest BCUT2D eigenvalue weighted by molar-refractivity contribution is -0.140. The molecule has 0 bridgehead atoms. The van der Waals surface area contributed by atoms with E-state index in [1.807, 2.05) is 107 Å². The van der Waals surface area contributed by atoms with Crippen molar-refractivity contribution in [3.05, 3.63) is 130 Å². The van der Waals surface area contributed by atoms with E-state index in [-0.39, 0.29) is 50.3 Å². The van der Waals surface area contributed by atoms with Crippen molar-refractivity contribution in [2.24, 2.45) is 5.92 Å². The van der Waals surface area contributed by atoms with E-state index in [1.54, 1.807) is 60.3 Å². The van der Waals surface area contributed by atoms with Gasteiger partial charge in [0.25, 0.3) is 0 Å². The van der Waals surface area contributed by atoms with Crippen LogP contribution in [0.25, 0.3) is 0 Å². The third-order valence-electron chi connectivity index (χ3n) is 12.5. The summed E-state index contributed by atoms with van der Waals surface area (Å²) in [5.74, 6) is 1.29. The summed E-state index contributed by atoms with van der Waals surface area (Å²) < 4.78 is 103. The average molecular weight is 1390 g/mol. The van der Waals surface area contributed by atoms with E-state index in [4.69, 9.17) is 83.5 Å². The summed E-state index contributed by atoms with van der Waals surface area (Å²) in [5, 5.41) is 10.3. The van der Waals surface area contributed by atoms with Crippen molar-refractivity contribution in [1.29, 1.82) is 0 Å². The van der Waals surface area contributed by atoms with Gasteiger partial charge in [-0.15, -0.1) is 0 Å². The molecule has 0 heterocycles. The Morgan fingerprint density at radius 2 is 1.13 bits per heavy atom. The van der Waals surface area contributed by atoms with Crippen LogP contribution in [0.2, 0.25) is 5.02 Å². The zero-order chi connectivity index (χ0) is 69.1. The second-order valence-electron chi connectivity index (χ2n) is 24.7. The monoisotopic (exact) mass is 1390 g/mol. The van der Waals surface area contributed by atoms with Crippen molar-refractivity contribution in [1.82, 2.24) is 15.5 Å². The second-order valence-corrected chi connectivity index (χ2v) is 31.5. The Morgan fingerprint density at radius 1 is 0.598 bits per heavy atom. The molecule has 4 aromatic rings. The van der Waals surface area contributed by atoms with Gasteiger partial charge in [-0.2, -0.15) is 0 Å². The molecule has 0 saturated heterocycles. The van der Waals surface area contributed by atoms with E-state index in [0.717, 1.165) is 42.7 Å². The summed E-state index contributed by atoms with van der Waals surface area (Å²) in [6, 6.07) is 34.5. The first kappa shape index (κ1) is 84.9. The van der Waals surface area contributed by atoms with Crippen molar-refractivity contribution in [2.75, 3.05) is 94.4 Å². The zero-order valence-electron chi connectivity index (χ0n) is 58.3. The number of carbonyl (C=O) groups excluding carboxylic acids is 1. The topological polar surface area (TPSA) is 217 Å². The highest BCUT2D eigenvalue weighted by molar-refractivity contribution is 8.07. The van der Waals surface area contributed by atoms with Gasteiger partial charge in [0.05, 0.1) is 80.7 Å². The third-order valence-corrected chi connectivity index (χ3v) is 19.6. The number of halogens is 1. The van der Waals surface area contributed by atoms with Crippen LogP contribution in [0.3, 0.4) is 0 Å². The van der Waals surface area contributed by atoms with Crippen LogP contribution in [0.4, 0.5) is 0 Å². The zero-order valence-corrected chi connectivity index (χ0v) is 62.6. The van der Waals surface area contributed by atoms with Gasteiger partial charge >= 0.3 is 28.2 Å². The van der Waals surface area contributed by atoms with Crippen LogP contribution < -0.4 is 25.0 Å². The molecule has 0 aliphatic heterocycles. The van der Waals surface area contributed by atoms with Crippen LogP contribution in [0.5, 0.6) is 11.5 Å². The lowest BCUT2D eigenvalue weighted by Crippen LogP contribution is -2.45. The summed E-state index contributed by atoms with van der Waals surface area (Å²) in [6.07, 6.45) is 2.74. The summed E-state index contributed by atoms with van der Waals surface area (Å²) in [7, 11) is -0.742. The van der Waals surface area contributed by atoms with Crippen LogP contribution in [0.15, 0.2) is 103 Å². The van der Waals surface area contributed by atoms with Crippen molar-refractivity contribution in [3.8, 4) is 11.5 Å². The molecule has 4 aromatic carbocycles. The Labute approximate surface area is 561 Å². The fraction of sp³-hybridized carbons (Fsp3) is 0.627. The Bertz CT molecular complexity index is 2750. The van der Waals surface area contributed by atoms with Gasteiger partial charge in [-0.3, -0.25) is 28.2 Å². The van der Waals surface area contributed by atoms with Gasteiger partial charge in [0, 0.05) is 57.9 Å². The highest BCUT2D eigenvalue weighted by Crippen LogP contribution is 2.54. The van der Waals surface area contributed by atoms with Gasteiger partial charge in [-0.1, -0.05) is 97.7 Å². The van der Waals surface area contributed by atoms with E-state index < -0.39 is 50.8 Å². The SMILES string of the molecule is CCOCC(C)COP(=S)(OCCOc1ccc(C(OC)OC)c(Cl)c1)OC(C)(C)C.CCOCCOP(=O)(NC(C)CCC(=O)OC)OC(C)(C)C.COc1ccc(C(NCCCCCNP(=O)(OC(C)C)OC(C)(C)C)(c2ccccc2)c2ccccc2)cc1. The van der Waals surface area contributed by atoms with Crippen LogP contribution >= 0.6 is 33.8 Å². The molecule has 0 aliphatic rings. The number of unbranched alkanes of at least 4 members (excludes halogenated alkanes) is 2. The summed E-state index contributed by atoms with van der Waals surface area (Å²) >= 11 is 11.9. The van der Waals surface area contributed by atoms with Crippen LogP contribution in [0.1, 0.15) is 165 Å². The predicted molar refractivity (Wildman–Crippen MR) is 371 cm³/mol. The second kappa shape index (κ2) is 43.2. The molecule has 3 N–H and O–H groups in total. The number of esters is 1. The maximum absolute atomic E-state index is 13.2. The van der Waals surface area contributed by atoms with Crippen molar-refractivity contribution in [3.63, 3.8) is 0 Å². The van der Waals surface area contributed by atoms with E-state index in [0.29, 0.717) is 56.8 Å². The molecule has 5 unspecified atom stereocenters. The lowest BCUT2D eigenvalue weighted by Gasteiger charge is -2.37. The minimum Gasteiger partial charge on any atom is -0.497 e. The molecule has 0 radical (unpaired) electrons. The minimum atomic E-state index is -3.49. The largest absolute Gasteiger partial charge is 0.497 e. The number of ether oxygens (including phenoxy) is 7. The smallest absolute Gasteiger partial charge is 0.406 e. The molecule has 524 valence electrons. The normalized spacial score (nSPS) is 14.8. The molecule has 5 atom stereocenters. The number of carbonyl (C=O) groups is 1. The Hall–Kier alpha value is -3.21. The highest BCUT2D eigenvalue weighted by Gasteiger charge is 2.37. The summed E-state index contributed by atoms with van der Waals surface area (Å²) in [4.78, 5) is 11.2. The predicted octanol–water partition coefficient (Wildman–Crippen LogP) is 16.3. The first-order chi connectivity index (χ1) is 43.2. The Balaban J connectivity index is 0.000000490. The molecule has 0 aromatic heterocycles. The molecule has 0 spiro atoms. The maximum atomic E-state index is 13.2. The van der Waals surface area contributed by atoms with Gasteiger partial charge in [0.1, 0.15) is 18.1 Å². The van der Waals surface area contributed by atoms with Gasteiger partial charge in [-0.05, 0) is 182 Å². The lowest BCUT2D eigenvalue weighted by atomic mass is 9.77. The molecule has 0 amide bonds. The summed E-state index contributed by atoms with van der Waals surface area (Å²) in [5.41, 5.74) is 2.00. The standard InChI is InChI=1S/C32H45N2O4P.C21H36ClO7PS.C14H30NO6P/c1-26(2)37-39(35,38-31(3,4)5)34-25-15-9-14-24-33-32(27-16-10-7-11-17-27,28-18-12-8-13-19-28)29-20-22-30(36-6)23-21-29;1-8-25-14-16(2)15-28-30(31,29-21(3,4)5)27-12-11-26-17-9-10-18(19(22)13-17)20(23-6)24-7;1-7-19-10-11-20-22(17,21-14(3,4)5)15-12(2)8-9-13(16)18-6/h7-8,10-13,16-23,26,33H,9,14-15,24-25H2,1-6H3,(H,34,35);9-10,13,16,20H,8,11-12,14-15H2,1-7H3;12H,7-11H2,1-6H3,(H,15,17). The van der Waals surface area contributed by atoms with E-state index in [1.165, 1.54) is 18.2 Å². The van der Waals surface area contributed by atoms with E-state index in [9.17, 15) is 13.9 Å². The molecule has 0 aliphatic carbocycles. The molecule has 25 heteroatoms. The van der Waals surface area contributed by atoms with Crippen LogP contribution in [-0.4, -0.2) is 129 Å². The highest BCUT2D eigenvalue weighted by atomic mass is 35.5. The van der Waals surface area contributed by atoms with E-state index in [2.05, 4.69) is 80.9 Å². The summed E-state index contributed by atoms with van der Waals surface area (Å²) in [6.45, 7) is 29.8. The van der Waals surface area contributed by atoms with Gasteiger partial charge in [0.2, 0.25) is 0 Å². The molecular formula is C67H111ClN3O17P3S. The first-order valence-corrected chi connectivity index (χ1v) is 37.5. The van der Waals surface area contributed by atoms with Gasteiger partial charge < -0.3 is 46.7 Å². The number of methoxy groups -OCH3 is 4. The Morgan fingerprint density at radius 3 is 1.64 bits per heavy atom. The third kappa shape index (κ3) is 34.6. The number of rotatable bonds is 41. The van der Waals surface area contributed by atoms with Crippen LogP contribution in [-0.2, 0) is 86.6 Å². The number of nitrogens with one attached hydrogen (secondary N) is 3. The minimum absolute atomic E-state index is 0.165. The fourth-order valence-electron chi connectivity index (χ4n) is 8.71. The van der Waals surface area contributed by atoms with Gasteiger partial charge in [0.15, 0.2) is 6.29 Å². The van der Waals surface area contributed by atoms with Crippen molar-refractivity contribution >= 4 is 51.6 Å². The first-order valence-electron chi connectivity index (χ1n) is 31.5. The molecule has 0 saturated carbocycles. The quantitative estimate of drug-likeness (QED) is 0.0124. The van der Waals surface area contributed by atoms with Crippen molar-refractivity contribution in [2.45, 2.75) is 177 Å². The van der Waals surface area contributed by atoms with Crippen molar-refractivity contribution < 1.29 is 78.7 Å². The van der Waals surface area contributed by atoms with Crippen LogP contribution in [0, 0.1) is 5.92 Å². The molecule has 20 nitrogen and oxygen atoms in total. The van der Waals surface area contributed by atoms with Gasteiger partial charge in [-0.25, -0.2) is 19.3 Å². The average Bonchev–Trinajstić information content (AvgIpc) is 0.760. The fourth-order valence-corrected chi connectivity index (χ4v) is 15.4. The maximum Gasteiger partial charge on any atom is 0.406 e.